The van der Waals surface area contributed by atoms with Gasteiger partial charge < -0.3 is 10.1 Å². The highest BCUT2D eigenvalue weighted by atomic mass is 16.5. The Morgan fingerprint density at radius 1 is 1.29 bits per heavy atom. The molecule has 0 saturated heterocycles. The summed E-state index contributed by atoms with van der Waals surface area (Å²) >= 11 is 0. The topological polar surface area (TPSA) is 75.0 Å². The number of ether oxygens (including phenoxy) is 1. The number of methoxy groups -OCH3 is 1. The Labute approximate surface area is 123 Å². The van der Waals surface area contributed by atoms with Crippen molar-refractivity contribution in [2.75, 3.05) is 7.11 Å². The van der Waals surface area contributed by atoms with Crippen molar-refractivity contribution in [2.45, 2.75) is 13.0 Å². The summed E-state index contributed by atoms with van der Waals surface area (Å²) in [5, 5.41) is 11.6. The summed E-state index contributed by atoms with van der Waals surface area (Å²) in [6.45, 7) is 1.90. The standard InChI is InChI=1S/C16H15N3O2/c1-11(12-4-7-15(21-2)8-5-12)19-16(20)13-3-6-14(9-17)18-10-13/h3-8,10-11H,1-2H3,(H,19,20). The van der Waals surface area contributed by atoms with E-state index >= 15 is 0 Å². The molecule has 1 N–H and O–H groups in total. The van der Waals surface area contributed by atoms with E-state index in [1.807, 2.05) is 37.3 Å². The molecular formula is C16H15N3O2. The van der Waals surface area contributed by atoms with Crippen LogP contribution < -0.4 is 10.1 Å². The van der Waals surface area contributed by atoms with Gasteiger partial charge in [0.05, 0.1) is 18.7 Å². The molecule has 0 bridgehead atoms. The van der Waals surface area contributed by atoms with Crippen molar-refractivity contribution in [2.24, 2.45) is 0 Å². The number of nitrogens with zero attached hydrogens (tertiary/aromatic N) is 2. The fraction of sp³-hybridized carbons (Fsp3) is 0.188. The molecule has 0 aliphatic rings. The maximum absolute atomic E-state index is 12.1. The van der Waals surface area contributed by atoms with Crippen molar-refractivity contribution in [3.05, 3.63) is 59.4 Å². The van der Waals surface area contributed by atoms with Crippen molar-refractivity contribution in [1.29, 1.82) is 5.26 Å². The van der Waals surface area contributed by atoms with E-state index in [9.17, 15) is 4.79 Å². The van der Waals surface area contributed by atoms with Crippen LogP contribution >= 0.6 is 0 Å². The predicted molar refractivity (Wildman–Crippen MR) is 77.8 cm³/mol. The zero-order valence-electron chi connectivity index (χ0n) is 11.8. The average Bonchev–Trinajstić information content (AvgIpc) is 2.55. The summed E-state index contributed by atoms with van der Waals surface area (Å²) in [5.74, 6) is 0.545. The minimum absolute atomic E-state index is 0.140. The highest BCUT2D eigenvalue weighted by Crippen LogP contribution is 2.17. The lowest BCUT2D eigenvalue weighted by Gasteiger charge is -2.14. The van der Waals surface area contributed by atoms with Crippen molar-refractivity contribution in [3.63, 3.8) is 0 Å². The maximum Gasteiger partial charge on any atom is 0.253 e. The zero-order valence-corrected chi connectivity index (χ0v) is 11.8. The summed E-state index contributed by atoms with van der Waals surface area (Å²) in [5.41, 5.74) is 1.69. The van der Waals surface area contributed by atoms with E-state index in [0.29, 0.717) is 5.56 Å². The number of amides is 1. The van der Waals surface area contributed by atoms with Crippen molar-refractivity contribution < 1.29 is 9.53 Å². The average molecular weight is 281 g/mol. The molecule has 5 heteroatoms. The monoisotopic (exact) mass is 281 g/mol. The second-order valence-electron chi connectivity index (χ2n) is 4.51. The van der Waals surface area contributed by atoms with Crippen LogP contribution in [0.4, 0.5) is 0 Å². The lowest BCUT2D eigenvalue weighted by atomic mass is 10.1. The Hall–Kier alpha value is -2.87. The summed E-state index contributed by atoms with van der Waals surface area (Å²) in [6, 6.07) is 12.4. The minimum atomic E-state index is -0.227. The molecule has 1 aromatic heterocycles. The zero-order chi connectivity index (χ0) is 15.2. The number of rotatable bonds is 4. The molecular weight excluding hydrogens is 266 g/mol. The molecule has 1 heterocycles. The number of benzene rings is 1. The first kappa shape index (κ1) is 14.5. The highest BCUT2D eigenvalue weighted by Gasteiger charge is 2.12. The Bertz CT molecular complexity index is 657. The first-order chi connectivity index (χ1) is 10.1. The van der Waals surface area contributed by atoms with E-state index in [0.717, 1.165) is 11.3 Å². The smallest absolute Gasteiger partial charge is 0.253 e. The number of carbonyl (C=O) groups excluding carboxylic acids is 1. The molecule has 1 amide bonds. The Balaban J connectivity index is 2.05. The van der Waals surface area contributed by atoms with Gasteiger partial charge in [-0.3, -0.25) is 4.79 Å². The number of aromatic nitrogens is 1. The van der Waals surface area contributed by atoms with Gasteiger partial charge in [-0.05, 0) is 36.8 Å². The summed E-state index contributed by atoms with van der Waals surface area (Å²) in [6.07, 6.45) is 1.40. The van der Waals surface area contributed by atoms with Crippen LogP contribution in [0.3, 0.4) is 0 Å². The van der Waals surface area contributed by atoms with E-state index in [-0.39, 0.29) is 17.6 Å². The fourth-order valence-corrected chi connectivity index (χ4v) is 1.85. The second-order valence-corrected chi connectivity index (χ2v) is 4.51. The van der Waals surface area contributed by atoms with Crippen LogP contribution in [0, 0.1) is 11.3 Å². The van der Waals surface area contributed by atoms with Crippen LogP contribution in [0.5, 0.6) is 5.75 Å². The molecule has 21 heavy (non-hydrogen) atoms. The quantitative estimate of drug-likeness (QED) is 0.934. The van der Waals surface area contributed by atoms with Gasteiger partial charge in [-0.15, -0.1) is 0 Å². The second kappa shape index (κ2) is 6.53. The van der Waals surface area contributed by atoms with Crippen LogP contribution in [0.25, 0.3) is 0 Å². The summed E-state index contributed by atoms with van der Waals surface area (Å²) < 4.78 is 5.10. The predicted octanol–water partition coefficient (Wildman–Crippen LogP) is 2.45. The molecule has 1 unspecified atom stereocenters. The van der Waals surface area contributed by atoms with E-state index < -0.39 is 0 Å². The van der Waals surface area contributed by atoms with Gasteiger partial charge >= 0.3 is 0 Å². The molecule has 0 radical (unpaired) electrons. The first-order valence-corrected chi connectivity index (χ1v) is 6.45. The molecule has 0 aliphatic carbocycles. The fourth-order valence-electron chi connectivity index (χ4n) is 1.85. The molecule has 1 atom stereocenters. The van der Waals surface area contributed by atoms with Gasteiger partial charge in [0.15, 0.2) is 0 Å². The lowest BCUT2D eigenvalue weighted by molar-refractivity contribution is 0.0939. The molecule has 2 aromatic rings. The molecule has 5 nitrogen and oxygen atoms in total. The van der Waals surface area contributed by atoms with Crippen molar-refractivity contribution in [1.82, 2.24) is 10.3 Å². The maximum atomic E-state index is 12.1. The van der Waals surface area contributed by atoms with Crippen LogP contribution in [0.2, 0.25) is 0 Å². The first-order valence-electron chi connectivity index (χ1n) is 6.45. The Morgan fingerprint density at radius 3 is 2.52 bits per heavy atom. The number of carbonyl (C=O) groups is 1. The molecule has 0 spiro atoms. The van der Waals surface area contributed by atoms with E-state index in [1.165, 1.54) is 12.3 Å². The molecule has 0 fully saturated rings. The SMILES string of the molecule is COc1ccc(C(C)NC(=O)c2ccc(C#N)nc2)cc1. The minimum Gasteiger partial charge on any atom is -0.497 e. The van der Waals surface area contributed by atoms with Gasteiger partial charge in [0.1, 0.15) is 17.5 Å². The van der Waals surface area contributed by atoms with E-state index in [2.05, 4.69) is 10.3 Å². The third-order valence-electron chi connectivity index (χ3n) is 3.10. The van der Waals surface area contributed by atoms with Gasteiger partial charge in [0.2, 0.25) is 0 Å². The van der Waals surface area contributed by atoms with E-state index in [1.54, 1.807) is 13.2 Å². The summed E-state index contributed by atoms with van der Waals surface area (Å²) in [4.78, 5) is 16.0. The van der Waals surface area contributed by atoms with Gasteiger partial charge in [-0.25, -0.2) is 4.98 Å². The number of hydrogen-bond donors (Lipinski definition) is 1. The number of hydrogen-bond acceptors (Lipinski definition) is 4. The molecule has 106 valence electrons. The van der Waals surface area contributed by atoms with Crippen molar-refractivity contribution >= 4 is 5.91 Å². The Morgan fingerprint density at radius 2 is 2.00 bits per heavy atom. The van der Waals surface area contributed by atoms with Gasteiger partial charge in [0.25, 0.3) is 5.91 Å². The number of pyridine rings is 1. The number of nitrogens with one attached hydrogen (secondary N) is 1. The number of nitriles is 1. The van der Waals surface area contributed by atoms with Crippen molar-refractivity contribution in [3.8, 4) is 11.8 Å². The molecule has 0 aliphatic heterocycles. The molecule has 0 saturated carbocycles. The highest BCUT2D eigenvalue weighted by molar-refractivity contribution is 5.94. The Kier molecular flexibility index (Phi) is 4.52. The third-order valence-corrected chi connectivity index (χ3v) is 3.10. The molecule has 2 rings (SSSR count). The van der Waals surface area contributed by atoms with Crippen LogP contribution in [-0.2, 0) is 0 Å². The normalized spacial score (nSPS) is 11.3. The van der Waals surface area contributed by atoms with Crippen LogP contribution in [-0.4, -0.2) is 18.0 Å². The third kappa shape index (κ3) is 3.57. The van der Waals surface area contributed by atoms with Crippen LogP contribution in [0.15, 0.2) is 42.6 Å². The van der Waals surface area contributed by atoms with Gasteiger partial charge in [0, 0.05) is 6.20 Å². The van der Waals surface area contributed by atoms with Crippen LogP contribution in [0.1, 0.15) is 34.6 Å². The van der Waals surface area contributed by atoms with Gasteiger partial charge in [-0.1, -0.05) is 12.1 Å². The van der Waals surface area contributed by atoms with E-state index in [4.69, 9.17) is 10.00 Å². The molecule has 1 aromatic carbocycles. The van der Waals surface area contributed by atoms with Gasteiger partial charge in [-0.2, -0.15) is 5.26 Å². The largest absolute Gasteiger partial charge is 0.497 e. The lowest BCUT2D eigenvalue weighted by Crippen LogP contribution is -2.26. The summed E-state index contributed by atoms with van der Waals surface area (Å²) in [7, 11) is 1.61.